The Labute approximate surface area is 116 Å². The third-order valence-electron chi connectivity index (χ3n) is 2.64. The first kappa shape index (κ1) is 13.0. The maximum absolute atomic E-state index is 4.38. The molecule has 0 saturated carbocycles. The molecule has 1 N–H and O–H groups in total. The summed E-state index contributed by atoms with van der Waals surface area (Å²) in [5, 5.41) is 3.33. The number of hydrogen-bond acceptors (Lipinski definition) is 3. The molecule has 1 heterocycles. The molecular formula is C14H16BrN3. The fourth-order valence-electron chi connectivity index (χ4n) is 1.70. The Morgan fingerprint density at radius 2 is 1.89 bits per heavy atom. The molecule has 4 heteroatoms. The van der Waals surface area contributed by atoms with E-state index in [9.17, 15) is 0 Å². The van der Waals surface area contributed by atoms with E-state index in [2.05, 4.69) is 50.3 Å². The van der Waals surface area contributed by atoms with E-state index < -0.39 is 0 Å². The van der Waals surface area contributed by atoms with Crippen LogP contribution in [0.25, 0.3) is 0 Å². The van der Waals surface area contributed by atoms with Gasteiger partial charge in [-0.15, -0.1) is 0 Å². The van der Waals surface area contributed by atoms with Gasteiger partial charge in [-0.05, 0) is 31.0 Å². The lowest BCUT2D eigenvalue weighted by atomic mass is 10.2. The molecule has 18 heavy (non-hydrogen) atoms. The second-order valence-corrected chi connectivity index (χ2v) is 5.04. The van der Waals surface area contributed by atoms with E-state index in [0.717, 1.165) is 34.8 Å². The Kier molecular flexibility index (Phi) is 4.31. The summed E-state index contributed by atoms with van der Waals surface area (Å²) in [6.07, 6.45) is 0.927. The Balaban J connectivity index is 2.05. The fraction of sp³-hybridized carbons (Fsp3) is 0.286. The van der Waals surface area contributed by atoms with Crippen LogP contribution >= 0.6 is 15.9 Å². The smallest absolute Gasteiger partial charge is 0.130 e. The maximum atomic E-state index is 4.38. The number of rotatable bonds is 4. The molecule has 0 unspecified atom stereocenters. The van der Waals surface area contributed by atoms with Crippen LogP contribution in [0, 0.1) is 6.92 Å². The van der Waals surface area contributed by atoms with Gasteiger partial charge in [0, 0.05) is 22.8 Å². The van der Waals surface area contributed by atoms with Gasteiger partial charge >= 0.3 is 0 Å². The van der Waals surface area contributed by atoms with Crippen LogP contribution in [0.3, 0.4) is 0 Å². The van der Waals surface area contributed by atoms with Crippen LogP contribution in [-0.2, 0) is 13.0 Å². The zero-order chi connectivity index (χ0) is 13.0. The SMILES string of the molecule is CCc1cc(NCc2ccc(Br)cc2)nc(C)n1. The fourth-order valence-corrected chi connectivity index (χ4v) is 1.96. The first-order chi connectivity index (χ1) is 8.67. The van der Waals surface area contributed by atoms with Gasteiger partial charge in [0.1, 0.15) is 11.6 Å². The molecule has 3 nitrogen and oxygen atoms in total. The van der Waals surface area contributed by atoms with Crippen LogP contribution in [-0.4, -0.2) is 9.97 Å². The van der Waals surface area contributed by atoms with Crippen LogP contribution in [0.2, 0.25) is 0 Å². The van der Waals surface area contributed by atoms with Gasteiger partial charge in [0.05, 0.1) is 0 Å². The lowest BCUT2D eigenvalue weighted by molar-refractivity contribution is 0.941. The van der Waals surface area contributed by atoms with Crippen molar-refractivity contribution < 1.29 is 0 Å². The number of aryl methyl sites for hydroxylation is 2. The second-order valence-electron chi connectivity index (χ2n) is 4.13. The highest BCUT2D eigenvalue weighted by Crippen LogP contribution is 2.13. The van der Waals surface area contributed by atoms with E-state index in [4.69, 9.17) is 0 Å². The summed E-state index contributed by atoms with van der Waals surface area (Å²) in [4.78, 5) is 8.74. The normalized spacial score (nSPS) is 10.4. The molecular weight excluding hydrogens is 290 g/mol. The molecule has 1 aromatic carbocycles. The first-order valence-electron chi connectivity index (χ1n) is 6.00. The minimum atomic E-state index is 0.771. The number of benzene rings is 1. The average molecular weight is 306 g/mol. The molecule has 0 aliphatic rings. The maximum Gasteiger partial charge on any atom is 0.130 e. The molecule has 0 aliphatic carbocycles. The minimum absolute atomic E-state index is 0.771. The number of anilines is 1. The zero-order valence-corrected chi connectivity index (χ0v) is 12.2. The summed E-state index contributed by atoms with van der Waals surface area (Å²) < 4.78 is 1.09. The van der Waals surface area contributed by atoms with Crippen molar-refractivity contribution in [3.63, 3.8) is 0 Å². The first-order valence-corrected chi connectivity index (χ1v) is 6.79. The van der Waals surface area contributed by atoms with E-state index >= 15 is 0 Å². The number of halogens is 1. The van der Waals surface area contributed by atoms with E-state index in [1.807, 2.05) is 25.1 Å². The third kappa shape index (κ3) is 3.53. The average Bonchev–Trinajstić information content (AvgIpc) is 2.37. The Hall–Kier alpha value is -1.42. The number of hydrogen-bond donors (Lipinski definition) is 1. The van der Waals surface area contributed by atoms with Crippen molar-refractivity contribution in [2.75, 3.05) is 5.32 Å². The van der Waals surface area contributed by atoms with Crippen molar-refractivity contribution in [3.05, 3.63) is 51.9 Å². The van der Waals surface area contributed by atoms with E-state index in [0.29, 0.717) is 0 Å². The lowest BCUT2D eigenvalue weighted by Gasteiger charge is -2.08. The van der Waals surface area contributed by atoms with Crippen molar-refractivity contribution >= 4 is 21.7 Å². The van der Waals surface area contributed by atoms with Gasteiger partial charge in [0.2, 0.25) is 0 Å². The summed E-state index contributed by atoms with van der Waals surface area (Å²) in [5.74, 6) is 1.70. The number of nitrogens with one attached hydrogen (secondary N) is 1. The van der Waals surface area contributed by atoms with Crippen molar-refractivity contribution in [1.82, 2.24) is 9.97 Å². The molecule has 0 amide bonds. The van der Waals surface area contributed by atoms with Gasteiger partial charge in [-0.1, -0.05) is 35.0 Å². The molecule has 0 radical (unpaired) electrons. The molecule has 0 bridgehead atoms. The van der Waals surface area contributed by atoms with E-state index in [1.54, 1.807) is 0 Å². The summed E-state index contributed by atoms with van der Waals surface area (Å²) in [6.45, 7) is 4.79. The molecule has 1 aromatic heterocycles. The molecule has 0 atom stereocenters. The van der Waals surface area contributed by atoms with Crippen molar-refractivity contribution in [2.45, 2.75) is 26.8 Å². The van der Waals surface area contributed by atoms with Crippen LogP contribution in [0.1, 0.15) is 24.0 Å². The zero-order valence-electron chi connectivity index (χ0n) is 10.6. The van der Waals surface area contributed by atoms with Crippen molar-refractivity contribution in [3.8, 4) is 0 Å². The molecule has 0 aliphatic heterocycles. The molecule has 0 saturated heterocycles. The van der Waals surface area contributed by atoms with Crippen LogP contribution in [0.5, 0.6) is 0 Å². The quantitative estimate of drug-likeness (QED) is 0.935. The van der Waals surface area contributed by atoms with Gasteiger partial charge in [0.25, 0.3) is 0 Å². The molecule has 94 valence electrons. The second kappa shape index (κ2) is 5.96. The highest BCUT2D eigenvalue weighted by Gasteiger charge is 2.00. The van der Waals surface area contributed by atoms with Gasteiger partial charge in [-0.25, -0.2) is 9.97 Å². The highest BCUT2D eigenvalue weighted by atomic mass is 79.9. The van der Waals surface area contributed by atoms with Crippen LogP contribution < -0.4 is 5.32 Å². The van der Waals surface area contributed by atoms with Gasteiger partial charge in [-0.3, -0.25) is 0 Å². The van der Waals surface area contributed by atoms with Crippen molar-refractivity contribution in [2.24, 2.45) is 0 Å². The van der Waals surface area contributed by atoms with E-state index in [1.165, 1.54) is 5.56 Å². The summed E-state index contributed by atoms with van der Waals surface area (Å²) >= 11 is 3.43. The molecule has 0 fully saturated rings. The topological polar surface area (TPSA) is 37.8 Å². The third-order valence-corrected chi connectivity index (χ3v) is 3.17. The summed E-state index contributed by atoms with van der Waals surface area (Å²) in [6, 6.07) is 10.3. The van der Waals surface area contributed by atoms with Crippen molar-refractivity contribution in [1.29, 1.82) is 0 Å². The molecule has 0 spiro atoms. The predicted molar refractivity (Wildman–Crippen MR) is 77.6 cm³/mol. The Morgan fingerprint density at radius 1 is 1.17 bits per heavy atom. The largest absolute Gasteiger partial charge is 0.366 e. The minimum Gasteiger partial charge on any atom is -0.366 e. The van der Waals surface area contributed by atoms with Gasteiger partial charge < -0.3 is 5.32 Å². The highest BCUT2D eigenvalue weighted by molar-refractivity contribution is 9.10. The van der Waals surface area contributed by atoms with Gasteiger partial charge in [-0.2, -0.15) is 0 Å². The number of nitrogens with zero attached hydrogens (tertiary/aromatic N) is 2. The Bertz CT molecular complexity index is 523. The van der Waals surface area contributed by atoms with Gasteiger partial charge in [0.15, 0.2) is 0 Å². The van der Waals surface area contributed by atoms with E-state index in [-0.39, 0.29) is 0 Å². The number of aromatic nitrogens is 2. The monoisotopic (exact) mass is 305 g/mol. The summed E-state index contributed by atoms with van der Waals surface area (Å²) in [5.41, 5.74) is 2.30. The lowest BCUT2D eigenvalue weighted by Crippen LogP contribution is -2.04. The van der Waals surface area contributed by atoms with Crippen LogP contribution in [0.4, 0.5) is 5.82 Å². The molecule has 2 rings (SSSR count). The summed E-state index contributed by atoms with van der Waals surface area (Å²) in [7, 11) is 0. The van der Waals surface area contributed by atoms with Crippen LogP contribution in [0.15, 0.2) is 34.8 Å². The predicted octanol–water partition coefficient (Wildman–Crippen LogP) is 3.72. The molecule has 2 aromatic rings. The standard InChI is InChI=1S/C14H16BrN3/c1-3-13-8-14(18-10(2)17-13)16-9-11-4-6-12(15)7-5-11/h4-8H,3,9H2,1-2H3,(H,16,17,18). The Morgan fingerprint density at radius 3 is 2.56 bits per heavy atom.